The standard InChI is InChI=1S/C9H18O/c1-5-9(10-4)7-6-8(2)3/h5,8H,6-7H2,1-4H3/b9-5-. The maximum Gasteiger partial charge on any atom is 0.0913 e. The molecule has 0 aromatic carbocycles. The van der Waals surface area contributed by atoms with Crippen LogP contribution in [0.15, 0.2) is 11.8 Å². The molecule has 0 amide bonds. The van der Waals surface area contributed by atoms with E-state index in [-0.39, 0.29) is 0 Å². The van der Waals surface area contributed by atoms with Gasteiger partial charge in [0, 0.05) is 6.42 Å². The number of hydrogen-bond acceptors (Lipinski definition) is 1. The average molecular weight is 142 g/mol. The first kappa shape index (κ1) is 9.54. The lowest BCUT2D eigenvalue weighted by Gasteiger charge is -2.06. The van der Waals surface area contributed by atoms with Crippen LogP contribution in [0.5, 0.6) is 0 Å². The lowest BCUT2D eigenvalue weighted by molar-refractivity contribution is 0.269. The molecule has 0 spiro atoms. The molecule has 0 unspecified atom stereocenters. The number of hydrogen-bond donors (Lipinski definition) is 0. The summed E-state index contributed by atoms with van der Waals surface area (Å²) in [5.74, 6) is 1.87. The Morgan fingerprint density at radius 2 is 2.10 bits per heavy atom. The van der Waals surface area contributed by atoms with Crippen LogP contribution in [0.3, 0.4) is 0 Å². The SMILES string of the molecule is C/C=C(/CCC(C)C)OC. The van der Waals surface area contributed by atoms with E-state index < -0.39 is 0 Å². The summed E-state index contributed by atoms with van der Waals surface area (Å²) in [7, 11) is 1.73. The van der Waals surface area contributed by atoms with Crippen LogP contribution in [0, 0.1) is 5.92 Å². The summed E-state index contributed by atoms with van der Waals surface area (Å²) in [5.41, 5.74) is 0. The molecule has 0 aromatic heterocycles. The van der Waals surface area contributed by atoms with Crippen molar-refractivity contribution in [2.75, 3.05) is 7.11 Å². The monoisotopic (exact) mass is 142 g/mol. The summed E-state index contributed by atoms with van der Waals surface area (Å²) in [6.45, 7) is 6.46. The highest BCUT2D eigenvalue weighted by Crippen LogP contribution is 2.10. The van der Waals surface area contributed by atoms with Gasteiger partial charge in [-0.15, -0.1) is 0 Å². The summed E-state index contributed by atoms with van der Waals surface area (Å²) in [6.07, 6.45) is 4.32. The van der Waals surface area contributed by atoms with Crippen LogP contribution >= 0.6 is 0 Å². The molecule has 0 saturated heterocycles. The molecule has 0 fully saturated rings. The molecule has 0 aliphatic carbocycles. The van der Waals surface area contributed by atoms with Gasteiger partial charge in [-0.3, -0.25) is 0 Å². The topological polar surface area (TPSA) is 9.23 Å². The Kier molecular flexibility index (Phi) is 5.09. The first-order valence-corrected chi connectivity index (χ1v) is 3.89. The van der Waals surface area contributed by atoms with Gasteiger partial charge in [0.25, 0.3) is 0 Å². The highest BCUT2D eigenvalue weighted by Gasteiger charge is 1.97. The largest absolute Gasteiger partial charge is 0.501 e. The van der Waals surface area contributed by atoms with Crippen molar-refractivity contribution in [3.05, 3.63) is 11.8 Å². The molecule has 0 bridgehead atoms. The molecule has 0 aromatic rings. The average Bonchev–Trinajstić information content (AvgIpc) is 1.90. The van der Waals surface area contributed by atoms with Crippen LogP contribution in [-0.4, -0.2) is 7.11 Å². The van der Waals surface area contributed by atoms with Crippen molar-refractivity contribution in [1.29, 1.82) is 0 Å². The Balaban J connectivity index is 3.46. The van der Waals surface area contributed by atoms with E-state index in [4.69, 9.17) is 4.74 Å². The number of methoxy groups -OCH3 is 1. The number of allylic oxidation sites excluding steroid dienone is 2. The van der Waals surface area contributed by atoms with E-state index in [0.29, 0.717) is 0 Å². The predicted octanol–water partition coefficient (Wildman–Crippen LogP) is 2.97. The fourth-order valence-corrected chi connectivity index (χ4v) is 0.795. The third kappa shape index (κ3) is 4.42. The predicted molar refractivity (Wildman–Crippen MR) is 44.8 cm³/mol. The van der Waals surface area contributed by atoms with Crippen LogP contribution in [-0.2, 0) is 4.74 Å². The van der Waals surface area contributed by atoms with Crippen LogP contribution in [0.1, 0.15) is 33.6 Å². The molecule has 0 heterocycles. The fourth-order valence-electron chi connectivity index (χ4n) is 0.795. The highest BCUT2D eigenvalue weighted by molar-refractivity contribution is 4.89. The molecule has 0 aliphatic heterocycles. The molecule has 1 heteroatoms. The molecule has 1 nitrogen and oxygen atoms in total. The zero-order valence-corrected chi connectivity index (χ0v) is 7.48. The van der Waals surface area contributed by atoms with Gasteiger partial charge in [-0.25, -0.2) is 0 Å². The summed E-state index contributed by atoms with van der Waals surface area (Å²) in [6, 6.07) is 0. The minimum atomic E-state index is 0.769. The number of ether oxygens (including phenoxy) is 1. The first-order chi connectivity index (χ1) is 4.70. The lowest BCUT2D eigenvalue weighted by atomic mass is 10.1. The minimum absolute atomic E-state index is 0.769. The highest BCUT2D eigenvalue weighted by atomic mass is 16.5. The summed E-state index contributed by atoms with van der Waals surface area (Å²) >= 11 is 0. The van der Waals surface area contributed by atoms with Gasteiger partial charge in [-0.2, -0.15) is 0 Å². The third-order valence-corrected chi connectivity index (χ3v) is 1.55. The van der Waals surface area contributed by atoms with Gasteiger partial charge >= 0.3 is 0 Å². The smallest absolute Gasteiger partial charge is 0.0913 e. The van der Waals surface area contributed by atoms with E-state index in [9.17, 15) is 0 Å². The van der Waals surface area contributed by atoms with Gasteiger partial charge < -0.3 is 4.74 Å². The van der Waals surface area contributed by atoms with Crippen LogP contribution in [0.2, 0.25) is 0 Å². The Bertz CT molecular complexity index is 103. The Hall–Kier alpha value is -0.460. The van der Waals surface area contributed by atoms with E-state index in [2.05, 4.69) is 13.8 Å². The van der Waals surface area contributed by atoms with Gasteiger partial charge in [0.2, 0.25) is 0 Å². The molecular weight excluding hydrogens is 124 g/mol. The van der Waals surface area contributed by atoms with Crippen molar-refractivity contribution in [3.63, 3.8) is 0 Å². The van der Waals surface area contributed by atoms with Crippen molar-refractivity contribution in [2.24, 2.45) is 5.92 Å². The Labute approximate surface area is 64.1 Å². The van der Waals surface area contributed by atoms with E-state index in [1.165, 1.54) is 6.42 Å². The summed E-state index contributed by atoms with van der Waals surface area (Å²) < 4.78 is 5.11. The second kappa shape index (κ2) is 5.33. The quantitative estimate of drug-likeness (QED) is 0.548. The zero-order chi connectivity index (χ0) is 7.98. The minimum Gasteiger partial charge on any atom is -0.501 e. The molecule has 0 aliphatic rings. The van der Waals surface area contributed by atoms with Crippen LogP contribution < -0.4 is 0 Å². The van der Waals surface area contributed by atoms with Gasteiger partial charge in [-0.1, -0.05) is 13.8 Å². The van der Waals surface area contributed by atoms with Crippen molar-refractivity contribution in [2.45, 2.75) is 33.6 Å². The van der Waals surface area contributed by atoms with Gasteiger partial charge in [-0.05, 0) is 25.3 Å². The molecule has 0 saturated carbocycles. The normalized spacial score (nSPS) is 12.3. The molecular formula is C9H18O. The maximum atomic E-state index is 5.11. The van der Waals surface area contributed by atoms with E-state index in [1.54, 1.807) is 7.11 Å². The molecule has 60 valence electrons. The lowest BCUT2D eigenvalue weighted by Crippen LogP contribution is -1.91. The third-order valence-electron chi connectivity index (χ3n) is 1.55. The Morgan fingerprint density at radius 3 is 2.40 bits per heavy atom. The van der Waals surface area contributed by atoms with E-state index >= 15 is 0 Å². The second-order valence-corrected chi connectivity index (χ2v) is 2.89. The second-order valence-electron chi connectivity index (χ2n) is 2.89. The zero-order valence-electron chi connectivity index (χ0n) is 7.48. The Morgan fingerprint density at radius 1 is 1.50 bits per heavy atom. The molecule has 10 heavy (non-hydrogen) atoms. The van der Waals surface area contributed by atoms with Crippen molar-refractivity contribution < 1.29 is 4.74 Å². The van der Waals surface area contributed by atoms with E-state index in [0.717, 1.165) is 18.1 Å². The van der Waals surface area contributed by atoms with Crippen LogP contribution in [0.25, 0.3) is 0 Å². The van der Waals surface area contributed by atoms with Crippen LogP contribution in [0.4, 0.5) is 0 Å². The summed E-state index contributed by atoms with van der Waals surface area (Å²) in [4.78, 5) is 0. The summed E-state index contributed by atoms with van der Waals surface area (Å²) in [5, 5.41) is 0. The molecule has 0 rings (SSSR count). The van der Waals surface area contributed by atoms with Crippen molar-refractivity contribution in [3.8, 4) is 0 Å². The molecule has 0 N–H and O–H groups in total. The van der Waals surface area contributed by atoms with Gasteiger partial charge in [0.15, 0.2) is 0 Å². The fraction of sp³-hybridized carbons (Fsp3) is 0.778. The molecule has 0 atom stereocenters. The van der Waals surface area contributed by atoms with E-state index in [1.807, 2.05) is 13.0 Å². The van der Waals surface area contributed by atoms with Crippen molar-refractivity contribution >= 4 is 0 Å². The van der Waals surface area contributed by atoms with Crippen molar-refractivity contribution in [1.82, 2.24) is 0 Å². The van der Waals surface area contributed by atoms with Gasteiger partial charge in [0.1, 0.15) is 0 Å². The maximum absolute atomic E-state index is 5.11. The first-order valence-electron chi connectivity index (χ1n) is 3.89. The van der Waals surface area contributed by atoms with Gasteiger partial charge in [0.05, 0.1) is 12.9 Å². The molecule has 0 radical (unpaired) electrons. The number of rotatable bonds is 4.